The van der Waals surface area contributed by atoms with Gasteiger partial charge in [-0.05, 0) is 40.9 Å². The van der Waals surface area contributed by atoms with E-state index in [1.165, 1.54) is 6.42 Å². The Morgan fingerprint density at radius 2 is 1.44 bits per heavy atom. The topological polar surface area (TPSA) is 24.9 Å². The molecule has 0 radical (unpaired) electrons. The molecule has 4 heteroatoms. The highest BCUT2D eigenvalue weighted by molar-refractivity contribution is 4.61. The van der Waals surface area contributed by atoms with Crippen molar-refractivity contribution in [3.63, 3.8) is 0 Å². The second-order valence-electron chi connectivity index (χ2n) is 4.77. The van der Waals surface area contributed by atoms with Gasteiger partial charge in [0.2, 0.25) is 0 Å². The van der Waals surface area contributed by atoms with Crippen molar-refractivity contribution in [2.75, 3.05) is 53.5 Å². The van der Waals surface area contributed by atoms with Gasteiger partial charge in [-0.25, -0.2) is 0 Å². The largest absolute Gasteiger partial charge is 0.353 e. The summed E-state index contributed by atoms with van der Waals surface area (Å²) in [6.45, 7) is 12.1. The number of hydrogen-bond donors (Lipinski definition) is 0. The molecule has 0 bridgehead atoms. The maximum Gasteiger partial charge on any atom is 0.158 e. The lowest BCUT2D eigenvalue weighted by Crippen LogP contribution is -2.35. The van der Waals surface area contributed by atoms with Gasteiger partial charge in [-0.1, -0.05) is 6.92 Å². The fraction of sp³-hybridized carbons (Fsp3) is 1.00. The van der Waals surface area contributed by atoms with E-state index in [2.05, 4.69) is 30.8 Å². The molecule has 0 atom stereocenters. The predicted molar refractivity (Wildman–Crippen MR) is 76.9 cm³/mol. The van der Waals surface area contributed by atoms with Crippen molar-refractivity contribution in [3.8, 4) is 0 Å². The molecule has 0 aromatic carbocycles. The fourth-order valence-corrected chi connectivity index (χ4v) is 1.87. The van der Waals surface area contributed by atoms with Crippen LogP contribution in [0.3, 0.4) is 0 Å². The summed E-state index contributed by atoms with van der Waals surface area (Å²) in [5, 5.41) is 0. The lowest BCUT2D eigenvalue weighted by molar-refractivity contribution is -0.141. The van der Waals surface area contributed by atoms with Gasteiger partial charge in [-0.2, -0.15) is 0 Å². The highest BCUT2D eigenvalue weighted by Crippen LogP contribution is 2.04. The number of rotatable bonds is 12. The van der Waals surface area contributed by atoms with E-state index in [-0.39, 0.29) is 6.29 Å². The van der Waals surface area contributed by atoms with Crippen molar-refractivity contribution in [2.45, 2.75) is 39.9 Å². The second kappa shape index (κ2) is 11.9. The van der Waals surface area contributed by atoms with Crippen molar-refractivity contribution in [2.24, 2.45) is 0 Å². The van der Waals surface area contributed by atoms with E-state index in [1.54, 1.807) is 0 Å². The third kappa shape index (κ3) is 9.83. The zero-order valence-electron chi connectivity index (χ0n) is 12.9. The van der Waals surface area contributed by atoms with E-state index in [0.717, 1.165) is 45.8 Å². The molecule has 0 fully saturated rings. The molecule has 0 N–H and O–H groups in total. The summed E-state index contributed by atoms with van der Waals surface area (Å²) in [6.07, 6.45) is 2.11. The Hall–Kier alpha value is -0.160. The van der Waals surface area contributed by atoms with Gasteiger partial charge in [-0.15, -0.1) is 0 Å². The summed E-state index contributed by atoms with van der Waals surface area (Å²) in [7, 11) is 4.24. The van der Waals surface area contributed by atoms with Crippen LogP contribution in [0.25, 0.3) is 0 Å². The number of nitrogens with zero attached hydrogens (tertiary/aromatic N) is 2. The van der Waals surface area contributed by atoms with E-state index in [0.29, 0.717) is 0 Å². The van der Waals surface area contributed by atoms with E-state index in [1.807, 2.05) is 13.8 Å². The van der Waals surface area contributed by atoms with Crippen LogP contribution in [0, 0.1) is 0 Å². The Morgan fingerprint density at radius 3 is 1.89 bits per heavy atom. The maximum atomic E-state index is 5.58. The number of likely N-dealkylation sites (N-methyl/N-ethyl adjacent to an activating group) is 1. The lowest BCUT2D eigenvalue weighted by Gasteiger charge is -2.25. The van der Waals surface area contributed by atoms with Gasteiger partial charge in [0.1, 0.15) is 0 Å². The molecule has 0 aromatic heterocycles. The van der Waals surface area contributed by atoms with Gasteiger partial charge >= 0.3 is 0 Å². The third-order valence-electron chi connectivity index (χ3n) is 2.79. The van der Waals surface area contributed by atoms with Crippen LogP contribution < -0.4 is 0 Å². The van der Waals surface area contributed by atoms with Gasteiger partial charge in [0.25, 0.3) is 0 Å². The lowest BCUT2D eigenvalue weighted by atomic mass is 10.3. The van der Waals surface area contributed by atoms with Crippen molar-refractivity contribution < 1.29 is 9.47 Å². The zero-order chi connectivity index (χ0) is 13.8. The summed E-state index contributed by atoms with van der Waals surface area (Å²) in [5.41, 5.74) is 0. The molecule has 0 saturated heterocycles. The molecule has 18 heavy (non-hydrogen) atoms. The Labute approximate surface area is 113 Å². The van der Waals surface area contributed by atoms with Crippen LogP contribution in [0.15, 0.2) is 0 Å². The van der Waals surface area contributed by atoms with Crippen LogP contribution in [0.5, 0.6) is 0 Å². The van der Waals surface area contributed by atoms with E-state index < -0.39 is 0 Å². The average molecular weight is 260 g/mol. The first-order valence-corrected chi connectivity index (χ1v) is 7.24. The standard InChI is InChI=1S/C14H32N2O2/c1-6-10-16(13-12-15(4)5)11-9-14(17-7-2)18-8-3/h14H,6-13H2,1-5H3. The molecular weight excluding hydrogens is 228 g/mol. The molecule has 0 amide bonds. The molecule has 4 nitrogen and oxygen atoms in total. The van der Waals surface area contributed by atoms with Crippen LogP contribution in [-0.2, 0) is 9.47 Å². The summed E-state index contributed by atoms with van der Waals surface area (Å²) in [6, 6.07) is 0. The van der Waals surface area contributed by atoms with Gasteiger partial charge in [0, 0.05) is 39.3 Å². The molecule has 110 valence electrons. The highest BCUT2D eigenvalue weighted by atomic mass is 16.7. The summed E-state index contributed by atoms with van der Waals surface area (Å²) >= 11 is 0. The van der Waals surface area contributed by atoms with Crippen molar-refractivity contribution in [1.29, 1.82) is 0 Å². The Morgan fingerprint density at radius 1 is 0.833 bits per heavy atom. The van der Waals surface area contributed by atoms with Gasteiger partial charge in [-0.3, -0.25) is 0 Å². The molecule has 0 aliphatic carbocycles. The molecule has 0 rings (SSSR count). The predicted octanol–water partition coefficient (Wildman–Crippen LogP) is 2.05. The van der Waals surface area contributed by atoms with E-state index >= 15 is 0 Å². The zero-order valence-corrected chi connectivity index (χ0v) is 12.9. The first-order valence-electron chi connectivity index (χ1n) is 7.24. The SMILES string of the molecule is CCCN(CCC(OCC)OCC)CCN(C)C. The Kier molecular flexibility index (Phi) is 11.8. The molecule has 0 aliphatic rings. The average Bonchev–Trinajstić information content (AvgIpc) is 2.33. The fourth-order valence-electron chi connectivity index (χ4n) is 1.87. The van der Waals surface area contributed by atoms with Crippen LogP contribution >= 0.6 is 0 Å². The highest BCUT2D eigenvalue weighted by Gasteiger charge is 2.11. The first-order chi connectivity index (χ1) is 8.63. The number of ether oxygens (including phenoxy) is 2. The smallest absolute Gasteiger partial charge is 0.158 e. The molecule has 0 unspecified atom stereocenters. The van der Waals surface area contributed by atoms with E-state index in [4.69, 9.17) is 9.47 Å². The van der Waals surface area contributed by atoms with Crippen molar-refractivity contribution in [3.05, 3.63) is 0 Å². The molecule has 0 heterocycles. The van der Waals surface area contributed by atoms with Crippen LogP contribution in [0.1, 0.15) is 33.6 Å². The van der Waals surface area contributed by atoms with Crippen LogP contribution in [0.2, 0.25) is 0 Å². The van der Waals surface area contributed by atoms with Crippen LogP contribution in [-0.4, -0.2) is 69.6 Å². The van der Waals surface area contributed by atoms with Crippen LogP contribution in [0.4, 0.5) is 0 Å². The molecule has 0 spiro atoms. The van der Waals surface area contributed by atoms with Gasteiger partial charge < -0.3 is 19.3 Å². The maximum absolute atomic E-state index is 5.58. The Bertz CT molecular complexity index is 171. The molecule has 0 aliphatic heterocycles. The third-order valence-corrected chi connectivity index (χ3v) is 2.79. The van der Waals surface area contributed by atoms with E-state index in [9.17, 15) is 0 Å². The second-order valence-corrected chi connectivity index (χ2v) is 4.77. The normalized spacial score (nSPS) is 12.0. The monoisotopic (exact) mass is 260 g/mol. The minimum Gasteiger partial charge on any atom is -0.353 e. The minimum atomic E-state index is -0.0429. The van der Waals surface area contributed by atoms with Gasteiger partial charge in [0.15, 0.2) is 6.29 Å². The molecule has 0 saturated carbocycles. The van der Waals surface area contributed by atoms with Crippen molar-refractivity contribution in [1.82, 2.24) is 9.80 Å². The van der Waals surface area contributed by atoms with Gasteiger partial charge in [0.05, 0.1) is 0 Å². The first kappa shape index (κ1) is 17.8. The summed E-state index contributed by atoms with van der Waals surface area (Å²) < 4.78 is 11.2. The summed E-state index contributed by atoms with van der Waals surface area (Å²) in [4.78, 5) is 4.72. The molecule has 0 aromatic rings. The molecular formula is C14H32N2O2. The number of hydrogen-bond acceptors (Lipinski definition) is 4. The Balaban J connectivity index is 3.96. The van der Waals surface area contributed by atoms with Crippen molar-refractivity contribution >= 4 is 0 Å². The summed E-state index contributed by atoms with van der Waals surface area (Å²) in [5.74, 6) is 0. The minimum absolute atomic E-state index is 0.0429. The quantitative estimate of drug-likeness (QED) is 0.501.